The minimum atomic E-state index is -3.09. The van der Waals surface area contributed by atoms with Gasteiger partial charge in [0, 0.05) is 0 Å². The highest BCUT2D eigenvalue weighted by Crippen LogP contribution is 2.30. The number of carbonyl (C=O) groups excluding carboxylic acids is 1. The van der Waals surface area contributed by atoms with Gasteiger partial charge in [-0.2, -0.15) is 13.2 Å². The number of carbonyl (C=O) groups is 1. The van der Waals surface area contributed by atoms with E-state index in [-0.39, 0.29) is 35.1 Å². The molecular weight excluding hydrogens is 376 g/mol. The molecule has 0 spiro atoms. The second-order valence-electron chi connectivity index (χ2n) is 5.87. The topological polar surface area (TPSA) is 65.0 Å². The first-order valence-electron chi connectivity index (χ1n) is 7.45. The Bertz CT molecular complexity index is 675. The predicted molar refractivity (Wildman–Crippen MR) is 93.8 cm³/mol. The van der Waals surface area contributed by atoms with Gasteiger partial charge in [-0.25, -0.2) is 4.21 Å². The summed E-state index contributed by atoms with van der Waals surface area (Å²) in [5.74, 6) is -0.897. The second kappa shape index (κ2) is 9.24. The Kier molecular flexibility index (Phi) is 7.95. The number of hydrogen-bond acceptors (Lipinski definition) is 4. The first-order valence-corrected chi connectivity index (χ1v) is 8.93. The maximum absolute atomic E-state index is 12.7. The summed E-state index contributed by atoms with van der Waals surface area (Å²) in [6.07, 6.45) is -0.376. The van der Waals surface area contributed by atoms with Crippen molar-refractivity contribution in [3.8, 4) is 5.75 Å². The lowest BCUT2D eigenvalue weighted by Crippen LogP contribution is -2.23. The molecule has 0 aliphatic carbocycles. The highest BCUT2D eigenvalue weighted by Gasteiger charge is 2.25. The van der Waals surface area contributed by atoms with E-state index in [9.17, 15) is 17.8 Å². The lowest BCUT2D eigenvalue weighted by molar-refractivity contribution is -0.141. The van der Waals surface area contributed by atoms with Crippen LogP contribution in [-0.2, 0) is 20.5 Å². The Morgan fingerprint density at radius 2 is 2.00 bits per heavy atom. The van der Waals surface area contributed by atoms with Gasteiger partial charge >= 0.3 is 12.6 Å². The van der Waals surface area contributed by atoms with Crippen LogP contribution in [-0.4, -0.2) is 33.9 Å². The van der Waals surface area contributed by atoms with Crippen molar-refractivity contribution in [3.63, 3.8) is 0 Å². The van der Waals surface area contributed by atoms with Gasteiger partial charge in [0.2, 0.25) is 0 Å². The van der Waals surface area contributed by atoms with E-state index < -0.39 is 28.3 Å². The normalized spacial score (nSPS) is 13.7. The number of rotatable bonds is 7. The summed E-state index contributed by atoms with van der Waals surface area (Å²) in [6.45, 7) is 3.75. The molecule has 0 saturated heterocycles. The summed E-state index contributed by atoms with van der Waals surface area (Å²) in [6, 6.07) is 4.14. The summed E-state index contributed by atoms with van der Waals surface area (Å²) in [5.41, 5.74) is -0.0388. The Morgan fingerprint density at radius 3 is 2.52 bits per heavy atom. The van der Waals surface area contributed by atoms with Crippen LogP contribution in [0.2, 0.25) is 5.02 Å². The number of alkyl halides is 2. The molecule has 1 atom stereocenters. The van der Waals surface area contributed by atoms with E-state index in [1.54, 1.807) is 27.7 Å². The monoisotopic (exact) mass is 395 g/mol. The summed E-state index contributed by atoms with van der Waals surface area (Å²) >= 11 is 6.11. The van der Waals surface area contributed by atoms with Crippen LogP contribution in [0, 0.1) is 0 Å². The fourth-order valence-corrected chi connectivity index (χ4v) is 2.64. The van der Waals surface area contributed by atoms with Gasteiger partial charge in [0.25, 0.3) is 0 Å². The number of benzene rings is 1. The van der Waals surface area contributed by atoms with Crippen LogP contribution >= 0.6 is 11.6 Å². The van der Waals surface area contributed by atoms with Gasteiger partial charge in [-0.05, 0) is 39.8 Å². The van der Waals surface area contributed by atoms with Crippen molar-refractivity contribution in [1.82, 2.24) is 0 Å². The van der Waals surface area contributed by atoms with Gasteiger partial charge in [0.15, 0.2) is 0 Å². The number of nitrogens with zero attached hydrogens (tertiary/aromatic N) is 1. The summed E-state index contributed by atoms with van der Waals surface area (Å²) in [7, 11) is -1.74. The molecule has 5 nitrogen and oxygen atoms in total. The molecular formula is C16H20ClF2NO4S. The summed E-state index contributed by atoms with van der Waals surface area (Å²) in [4.78, 5) is 11.9. The molecule has 1 aromatic rings. The molecule has 0 fully saturated rings. The molecule has 0 saturated carbocycles. The average Bonchev–Trinajstić information content (AvgIpc) is 2.45. The van der Waals surface area contributed by atoms with E-state index in [1.165, 1.54) is 18.2 Å². The van der Waals surface area contributed by atoms with Gasteiger partial charge in [-0.15, -0.1) is 0 Å². The van der Waals surface area contributed by atoms with Crippen LogP contribution in [0.15, 0.2) is 22.6 Å². The number of halogens is 3. The smallest absolute Gasteiger partial charge is 0.387 e. The van der Waals surface area contributed by atoms with Gasteiger partial charge in [-0.1, -0.05) is 17.7 Å². The molecule has 0 N–H and O–H groups in total. The zero-order chi connectivity index (χ0) is 19.2. The molecule has 0 radical (unpaired) electrons. The average molecular weight is 396 g/mol. The van der Waals surface area contributed by atoms with E-state index in [1.807, 2.05) is 0 Å². The quantitative estimate of drug-likeness (QED) is 0.514. The molecule has 1 aromatic carbocycles. The number of ether oxygens (including phenoxy) is 2. The van der Waals surface area contributed by atoms with Crippen molar-refractivity contribution in [1.29, 1.82) is 0 Å². The molecule has 9 heteroatoms. The van der Waals surface area contributed by atoms with Crippen LogP contribution in [0.3, 0.4) is 0 Å². The summed E-state index contributed by atoms with van der Waals surface area (Å²) < 4.78 is 50.4. The SMILES string of the molecule is CCOC(=O)CC(=NS(=O)C(C)(C)C)c1c(Cl)cccc1OC(F)F. The number of esters is 1. The first-order chi connectivity index (χ1) is 11.6. The molecule has 25 heavy (non-hydrogen) atoms. The fraction of sp³-hybridized carbons (Fsp3) is 0.500. The van der Waals surface area contributed by atoms with Gasteiger partial charge < -0.3 is 9.47 Å². The van der Waals surface area contributed by atoms with E-state index in [0.29, 0.717) is 0 Å². The largest absolute Gasteiger partial charge is 0.466 e. The van der Waals surface area contributed by atoms with E-state index in [2.05, 4.69) is 9.13 Å². The van der Waals surface area contributed by atoms with E-state index >= 15 is 0 Å². The molecule has 1 unspecified atom stereocenters. The lowest BCUT2D eigenvalue weighted by atomic mass is 10.1. The van der Waals surface area contributed by atoms with Crippen molar-refractivity contribution < 1.29 is 27.3 Å². The predicted octanol–water partition coefficient (Wildman–Crippen LogP) is 4.15. The van der Waals surface area contributed by atoms with Crippen molar-refractivity contribution in [2.75, 3.05) is 6.61 Å². The summed E-state index contributed by atoms with van der Waals surface area (Å²) in [5, 5.41) is 0.0482. The molecule has 140 valence electrons. The zero-order valence-corrected chi connectivity index (χ0v) is 15.9. The number of hydrogen-bond donors (Lipinski definition) is 0. The zero-order valence-electron chi connectivity index (χ0n) is 14.3. The second-order valence-corrected chi connectivity index (χ2v) is 8.19. The Hall–Kier alpha value is -1.54. The molecule has 0 bridgehead atoms. The molecule has 0 heterocycles. The molecule has 0 amide bonds. The van der Waals surface area contributed by atoms with Crippen molar-refractivity contribution in [2.24, 2.45) is 4.40 Å². The minimum Gasteiger partial charge on any atom is -0.466 e. The third-order valence-corrected chi connectivity index (χ3v) is 4.56. The molecule has 1 rings (SSSR count). The third-order valence-electron chi connectivity index (χ3n) is 2.81. The van der Waals surface area contributed by atoms with Crippen molar-refractivity contribution in [2.45, 2.75) is 45.5 Å². The maximum Gasteiger partial charge on any atom is 0.387 e. The molecule has 0 aromatic heterocycles. The van der Waals surface area contributed by atoms with Gasteiger partial charge in [0.05, 0.1) is 34.1 Å². The van der Waals surface area contributed by atoms with Gasteiger partial charge in [0.1, 0.15) is 16.7 Å². The van der Waals surface area contributed by atoms with Gasteiger partial charge in [-0.3, -0.25) is 4.79 Å². The third kappa shape index (κ3) is 6.70. The van der Waals surface area contributed by atoms with Crippen molar-refractivity contribution >= 4 is 34.3 Å². The van der Waals surface area contributed by atoms with Crippen LogP contribution in [0.1, 0.15) is 39.7 Å². The Balaban J connectivity index is 3.44. The Labute approximate surface area is 153 Å². The lowest BCUT2D eigenvalue weighted by Gasteiger charge is -2.17. The first kappa shape index (κ1) is 21.5. The highest BCUT2D eigenvalue weighted by atomic mass is 35.5. The Morgan fingerprint density at radius 1 is 1.36 bits per heavy atom. The minimum absolute atomic E-state index is 0.00452. The highest BCUT2D eigenvalue weighted by molar-refractivity contribution is 7.85. The molecule has 0 aliphatic heterocycles. The van der Waals surface area contributed by atoms with Crippen LogP contribution in [0.25, 0.3) is 0 Å². The maximum atomic E-state index is 12.7. The van der Waals surface area contributed by atoms with Crippen LogP contribution < -0.4 is 4.74 Å². The van der Waals surface area contributed by atoms with Crippen LogP contribution in [0.5, 0.6) is 5.75 Å². The van der Waals surface area contributed by atoms with E-state index in [4.69, 9.17) is 16.3 Å². The molecule has 0 aliphatic rings. The van der Waals surface area contributed by atoms with Crippen molar-refractivity contribution in [3.05, 3.63) is 28.8 Å². The van der Waals surface area contributed by atoms with E-state index in [0.717, 1.165) is 0 Å². The van der Waals surface area contributed by atoms with Crippen LogP contribution in [0.4, 0.5) is 8.78 Å². The fourth-order valence-electron chi connectivity index (χ4n) is 1.73. The standard InChI is InChI=1S/C16H20ClF2NO4S/c1-5-23-13(21)9-11(20-25(22)16(2,3)4)14-10(17)7-6-8-12(14)24-15(18)19/h6-8,15H,5,9H2,1-4H3.